The number of aromatic nitrogens is 1. The molecule has 0 aliphatic rings. The van der Waals surface area contributed by atoms with Crippen LogP contribution in [-0.4, -0.2) is 22.4 Å². The van der Waals surface area contributed by atoms with Gasteiger partial charge in [0.25, 0.3) is 0 Å². The molecule has 1 aromatic carbocycles. The van der Waals surface area contributed by atoms with Crippen LogP contribution in [0.3, 0.4) is 0 Å². The summed E-state index contributed by atoms with van der Waals surface area (Å²) in [5, 5.41) is 6.93. The Kier molecular flexibility index (Phi) is 5.65. The van der Waals surface area contributed by atoms with Crippen LogP contribution < -0.4 is 10.6 Å². The molecule has 0 radical (unpaired) electrons. The summed E-state index contributed by atoms with van der Waals surface area (Å²) >= 11 is 7.02. The van der Waals surface area contributed by atoms with Crippen molar-refractivity contribution in [2.75, 3.05) is 17.6 Å². The normalized spacial score (nSPS) is 9.89. The monoisotopic (exact) mass is 289 g/mol. The maximum atomic E-state index is 5.21. The first-order valence-corrected chi connectivity index (χ1v) is 7.37. The van der Waals surface area contributed by atoms with Crippen LogP contribution in [0.5, 0.6) is 0 Å². The van der Waals surface area contributed by atoms with E-state index in [1.165, 1.54) is 4.90 Å². The van der Waals surface area contributed by atoms with Crippen molar-refractivity contribution >= 4 is 34.8 Å². The van der Waals surface area contributed by atoms with E-state index in [-0.39, 0.29) is 0 Å². The quantitative estimate of drug-likeness (QED) is 0.502. The van der Waals surface area contributed by atoms with Gasteiger partial charge in [0.1, 0.15) is 0 Å². The molecule has 2 N–H and O–H groups in total. The summed E-state index contributed by atoms with van der Waals surface area (Å²) in [5.41, 5.74) is 0.947. The van der Waals surface area contributed by atoms with Crippen molar-refractivity contribution in [3.63, 3.8) is 0 Å². The lowest BCUT2D eigenvalue weighted by Crippen LogP contribution is -2.30. The molecule has 0 unspecified atom stereocenters. The van der Waals surface area contributed by atoms with E-state index in [4.69, 9.17) is 12.2 Å². The molecule has 0 spiro atoms. The zero-order valence-electron chi connectivity index (χ0n) is 10.4. The highest BCUT2D eigenvalue weighted by atomic mass is 32.2. The van der Waals surface area contributed by atoms with E-state index in [2.05, 4.69) is 27.8 Å². The summed E-state index contributed by atoms with van der Waals surface area (Å²) in [6, 6.07) is 14.1. The Bertz CT molecular complexity index is 503. The lowest BCUT2D eigenvalue weighted by Gasteiger charge is -2.09. The van der Waals surface area contributed by atoms with Crippen molar-refractivity contribution in [3.05, 3.63) is 54.9 Å². The molecule has 0 aliphatic carbocycles. The first-order chi connectivity index (χ1) is 9.34. The highest BCUT2D eigenvalue weighted by Gasteiger charge is 1.97. The maximum Gasteiger partial charge on any atom is 0.170 e. The summed E-state index contributed by atoms with van der Waals surface area (Å²) in [6.45, 7) is 0.830. The van der Waals surface area contributed by atoms with E-state index in [1.54, 1.807) is 12.4 Å². The second kappa shape index (κ2) is 7.76. The minimum absolute atomic E-state index is 0.639. The van der Waals surface area contributed by atoms with Crippen LogP contribution in [0.25, 0.3) is 0 Å². The van der Waals surface area contributed by atoms with Crippen LogP contribution in [0, 0.1) is 0 Å². The Morgan fingerprint density at radius 1 is 1.11 bits per heavy atom. The van der Waals surface area contributed by atoms with E-state index in [0.717, 1.165) is 18.0 Å². The number of pyridine rings is 1. The molecule has 0 bridgehead atoms. The third-order valence-corrected chi connectivity index (χ3v) is 3.60. The van der Waals surface area contributed by atoms with Gasteiger partial charge in [-0.1, -0.05) is 18.2 Å². The summed E-state index contributed by atoms with van der Waals surface area (Å²) in [5.74, 6) is 0.974. The number of anilines is 1. The summed E-state index contributed by atoms with van der Waals surface area (Å²) < 4.78 is 0. The number of hydrogen-bond donors (Lipinski definition) is 2. The van der Waals surface area contributed by atoms with Crippen LogP contribution in [0.15, 0.2) is 59.8 Å². The van der Waals surface area contributed by atoms with Crippen molar-refractivity contribution < 1.29 is 0 Å². The van der Waals surface area contributed by atoms with Gasteiger partial charge in [-0.2, -0.15) is 0 Å². The van der Waals surface area contributed by atoms with Gasteiger partial charge in [-0.3, -0.25) is 4.98 Å². The van der Waals surface area contributed by atoms with E-state index in [0.29, 0.717) is 5.11 Å². The van der Waals surface area contributed by atoms with Gasteiger partial charge in [0.15, 0.2) is 5.11 Å². The summed E-state index contributed by atoms with van der Waals surface area (Å²) in [6.07, 6.45) is 3.46. The molecule has 5 heteroatoms. The third-order valence-electron chi connectivity index (χ3n) is 2.34. The van der Waals surface area contributed by atoms with Gasteiger partial charge in [0.2, 0.25) is 0 Å². The molecule has 0 aliphatic heterocycles. The molecule has 0 atom stereocenters. The molecule has 2 aromatic rings. The Morgan fingerprint density at radius 2 is 1.84 bits per heavy atom. The SMILES string of the molecule is S=C(NCCSc1ccccc1)Nc1ccncc1. The lowest BCUT2D eigenvalue weighted by atomic mass is 10.4. The fourth-order valence-electron chi connectivity index (χ4n) is 1.46. The smallest absolute Gasteiger partial charge is 0.170 e. The Hall–Kier alpha value is -1.59. The number of nitrogens with zero attached hydrogens (tertiary/aromatic N) is 1. The molecule has 2 rings (SSSR count). The second-order valence-electron chi connectivity index (χ2n) is 3.78. The van der Waals surface area contributed by atoms with Gasteiger partial charge in [0.05, 0.1) is 0 Å². The number of thiocarbonyl (C=S) groups is 1. The van der Waals surface area contributed by atoms with Crippen molar-refractivity contribution in [3.8, 4) is 0 Å². The molecule has 98 valence electrons. The van der Waals surface area contributed by atoms with Crippen molar-refractivity contribution in [2.45, 2.75) is 4.90 Å². The second-order valence-corrected chi connectivity index (χ2v) is 5.35. The highest BCUT2D eigenvalue weighted by Crippen LogP contribution is 2.15. The first kappa shape index (κ1) is 13.8. The summed E-state index contributed by atoms with van der Waals surface area (Å²) in [4.78, 5) is 5.23. The molecule has 1 heterocycles. The van der Waals surface area contributed by atoms with Crippen molar-refractivity contribution in [2.24, 2.45) is 0 Å². The van der Waals surface area contributed by atoms with Crippen LogP contribution in [0.2, 0.25) is 0 Å². The molecule has 0 fully saturated rings. The van der Waals surface area contributed by atoms with Crippen LogP contribution >= 0.6 is 24.0 Å². The van der Waals surface area contributed by atoms with Gasteiger partial charge in [0, 0.05) is 35.3 Å². The van der Waals surface area contributed by atoms with Gasteiger partial charge < -0.3 is 10.6 Å². The maximum absolute atomic E-state index is 5.21. The Morgan fingerprint density at radius 3 is 2.58 bits per heavy atom. The highest BCUT2D eigenvalue weighted by molar-refractivity contribution is 7.99. The molecule has 0 saturated heterocycles. The minimum Gasteiger partial charge on any atom is -0.362 e. The van der Waals surface area contributed by atoms with Gasteiger partial charge in [-0.15, -0.1) is 11.8 Å². The number of nitrogens with one attached hydrogen (secondary N) is 2. The molecule has 19 heavy (non-hydrogen) atoms. The van der Waals surface area contributed by atoms with E-state index in [1.807, 2.05) is 42.1 Å². The van der Waals surface area contributed by atoms with Crippen LogP contribution in [-0.2, 0) is 0 Å². The Labute approximate surface area is 122 Å². The van der Waals surface area contributed by atoms with E-state index in [9.17, 15) is 0 Å². The average Bonchev–Trinajstić information content (AvgIpc) is 2.46. The topological polar surface area (TPSA) is 37.0 Å². The Balaban J connectivity index is 1.65. The lowest BCUT2D eigenvalue weighted by molar-refractivity contribution is 0.990. The molecule has 0 amide bonds. The van der Waals surface area contributed by atoms with Gasteiger partial charge >= 0.3 is 0 Å². The van der Waals surface area contributed by atoms with Crippen molar-refractivity contribution in [1.82, 2.24) is 10.3 Å². The molecule has 3 nitrogen and oxygen atoms in total. The number of thioether (sulfide) groups is 1. The molecule has 0 saturated carbocycles. The van der Waals surface area contributed by atoms with Crippen LogP contribution in [0.1, 0.15) is 0 Å². The number of benzene rings is 1. The van der Waals surface area contributed by atoms with Crippen molar-refractivity contribution in [1.29, 1.82) is 0 Å². The number of hydrogen-bond acceptors (Lipinski definition) is 3. The molecular formula is C14H15N3S2. The third kappa shape index (κ3) is 5.28. The minimum atomic E-state index is 0.639. The molecular weight excluding hydrogens is 274 g/mol. The fourth-order valence-corrected chi connectivity index (χ4v) is 2.47. The zero-order valence-corrected chi connectivity index (χ0v) is 12.0. The summed E-state index contributed by atoms with van der Waals surface area (Å²) in [7, 11) is 0. The molecule has 1 aromatic heterocycles. The van der Waals surface area contributed by atoms with Crippen LogP contribution in [0.4, 0.5) is 5.69 Å². The fraction of sp³-hybridized carbons (Fsp3) is 0.143. The zero-order chi connectivity index (χ0) is 13.3. The standard InChI is InChI=1S/C14H15N3S2/c18-14(17-12-6-8-15-9-7-12)16-10-11-19-13-4-2-1-3-5-13/h1-9H,10-11H2,(H2,15,16,17,18). The van der Waals surface area contributed by atoms with Gasteiger partial charge in [-0.25, -0.2) is 0 Å². The van der Waals surface area contributed by atoms with E-state index < -0.39 is 0 Å². The largest absolute Gasteiger partial charge is 0.362 e. The first-order valence-electron chi connectivity index (χ1n) is 5.97. The van der Waals surface area contributed by atoms with E-state index >= 15 is 0 Å². The average molecular weight is 289 g/mol. The predicted molar refractivity (Wildman–Crippen MR) is 85.6 cm³/mol. The van der Waals surface area contributed by atoms with Gasteiger partial charge in [-0.05, 0) is 36.5 Å². The number of rotatable bonds is 5. The predicted octanol–water partition coefficient (Wildman–Crippen LogP) is 3.16.